The summed E-state index contributed by atoms with van der Waals surface area (Å²) in [5.74, 6) is 0.868. The number of anilines is 1. The van der Waals surface area contributed by atoms with Crippen LogP contribution in [0.5, 0.6) is 0 Å². The van der Waals surface area contributed by atoms with E-state index in [4.69, 9.17) is 16.6 Å². The Morgan fingerprint density at radius 2 is 2.10 bits per heavy atom. The highest BCUT2D eigenvalue weighted by Gasteiger charge is 2.33. The number of pyridine rings is 1. The van der Waals surface area contributed by atoms with Gasteiger partial charge in [0.2, 0.25) is 0 Å². The summed E-state index contributed by atoms with van der Waals surface area (Å²) in [4.78, 5) is 32.7. The first kappa shape index (κ1) is 21.3. The van der Waals surface area contributed by atoms with Gasteiger partial charge in [0.25, 0.3) is 11.5 Å². The van der Waals surface area contributed by atoms with Crippen LogP contribution in [0.1, 0.15) is 37.5 Å². The third-order valence-corrected chi connectivity index (χ3v) is 6.26. The minimum atomic E-state index is -0.249. The number of hydrogen-bond donors (Lipinski definition) is 1. The van der Waals surface area contributed by atoms with Gasteiger partial charge in [0.05, 0.1) is 23.3 Å². The molecule has 4 rings (SSSR count). The molecular weight excluding hydrogens is 432 g/mol. The molecule has 9 heteroatoms. The fourth-order valence-corrected chi connectivity index (χ4v) is 4.51. The normalized spacial score (nSPS) is 15.4. The van der Waals surface area contributed by atoms with E-state index in [0.717, 1.165) is 19.3 Å². The summed E-state index contributed by atoms with van der Waals surface area (Å²) in [5.41, 5.74) is 0.659. The highest BCUT2D eigenvalue weighted by molar-refractivity contribution is 8.26. The van der Waals surface area contributed by atoms with Gasteiger partial charge in [0.1, 0.15) is 21.5 Å². The number of aromatic nitrogens is 2. The molecule has 0 unspecified atom stereocenters. The largest absolute Gasteiger partial charge is 0.467 e. The summed E-state index contributed by atoms with van der Waals surface area (Å²) < 4.78 is 7.25. The summed E-state index contributed by atoms with van der Waals surface area (Å²) >= 11 is 6.57. The third kappa shape index (κ3) is 4.57. The molecule has 0 aromatic carbocycles. The van der Waals surface area contributed by atoms with Crippen LogP contribution in [0.2, 0.25) is 0 Å². The van der Waals surface area contributed by atoms with E-state index < -0.39 is 0 Å². The van der Waals surface area contributed by atoms with Crippen molar-refractivity contribution in [2.75, 3.05) is 11.9 Å². The second kappa shape index (κ2) is 9.49. The van der Waals surface area contributed by atoms with Gasteiger partial charge in [-0.3, -0.25) is 18.9 Å². The van der Waals surface area contributed by atoms with Crippen LogP contribution in [0.15, 0.2) is 56.9 Å². The predicted molar refractivity (Wildman–Crippen MR) is 127 cm³/mol. The highest BCUT2D eigenvalue weighted by Crippen LogP contribution is 2.34. The average molecular weight is 455 g/mol. The first-order valence-electron chi connectivity index (χ1n) is 10.1. The minimum absolute atomic E-state index is 0.236. The molecule has 1 fully saturated rings. The topological polar surface area (TPSA) is 79.9 Å². The number of rotatable bonds is 8. The van der Waals surface area contributed by atoms with Gasteiger partial charge in [0.15, 0.2) is 0 Å². The Morgan fingerprint density at radius 1 is 1.23 bits per heavy atom. The smallest absolute Gasteiger partial charge is 0.267 e. The maximum absolute atomic E-state index is 13.2. The first-order chi connectivity index (χ1) is 15.1. The number of nitrogens with zero attached hydrogens (tertiary/aromatic N) is 3. The maximum Gasteiger partial charge on any atom is 0.267 e. The Balaban J connectivity index is 1.69. The standard InChI is InChI=1S/C22H22N4O3S2/c1-2-3-5-10-23-19-16(20(27)25-11-6-4-9-18(25)24-19)13-17-21(28)26(22(30)31-17)14-15-8-7-12-29-15/h4,6-9,11-13,23H,2-3,5,10,14H2,1H3. The van der Waals surface area contributed by atoms with E-state index in [1.165, 1.54) is 21.1 Å². The molecule has 0 bridgehead atoms. The number of nitrogens with one attached hydrogen (secondary N) is 1. The van der Waals surface area contributed by atoms with E-state index in [-0.39, 0.29) is 18.0 Å². The predicted octanol–water partition coefficient (Wildman–Crippen LogP) is 4.29. The fraction of sp³-hybridized carbons (Fsp3) is 0.273. The molecule has 1 N–H and O–H groups in total. The third-order valence-electron chi connectivity index (χ3n) is 4.88. The zero-order chi connectivity index (χ0) is 21.8. The van der Waals surface area contributed by atoms with Crippen molar-refractivity contribution in [2.45, 2.75) is 32.7 Å². The molecule has 7 nitrogen and oxygen atoms in total. The van der Waals surface area contributed by atoms with Crippen LogP contribution in [-0.4, -0.2) is 31.1 Å². The molecule has 1 amide bonds. The second-order valence-electron chi connectivity index (χ2n) is 7.09. The molecule has 1 aliphatic heterocycles. The molecule has 3 aromatic heterocycles. The zero-order valence-corrected chi connectivity index (χ0v) is 18.7. The quantitative estimate of drug-likeness (QED) is 0.309. The van der Waals surface area contributed by atoms with Crippen molar-refractivity contribution in [3.63, 3.8) is 0 Å². The van der Waals surface area contributed by atoms with Crippen LogP contribution in [0.3, 0.4) is 0 Å². The van der Waals surface area contributed by atoms with Crippen molar-refractivity contribution in [3.05, 3.63) is 69.4 Å². The van der Waals surface area contributed by atoms with Gasteiger partial charge >= 0.3 is 0 Å². The van der Waals surface area contributed by atoms with Gasteiger partial charge in [-0.2, -0.15) is 0 Å². The van der Waals surface area contributed by atoms with Crippen molar-refractivity contribution in [3.8, 4) is 0 Å². The fourth-order valence-electron chi connectivity index (χ4n) is 3.28. The van der Waals surface area contributed by atoms with Crippen LogP contribution in [0.25, 0.3) is 11.7 Å². The van der Waals surface area contributed by atoms with E-state index in [1.807, 2.05) is 6.07 Å². The lowest BCUT2D eigenvalue weighted by molar-refractivity contribution is -0.122. The van der Waals surface area contributed by atoms with Crippen molar-refractivity contribution in [2.24, 2.45) is 0 Å². The Hall–Kier alpha value is -2.91. The molecule has 1 aliphatic rings. The van der Waals surface area contributed by atoms with Gasteiger partial charge in [0, 0.05) is 12.7 Å². The van der Waals surface area contributed by atoms with Crippen LogP contribution in [-0.2, 0) is 11.3 Å². The Morgan fingerprint density at radius 3 is 2.87 bits per heavy atom. The number of amides is 1. The lowest BCUT2D eigenvalue weighted by atomic mass is 10.2. The molecule has 4 heterocycles. The van der Waals surface area contributed by atoms with Gasteiger partial charge in [-0.05, 0) is 36.8 Å². The van der Waals surface area contributed by atoms with Gasteiger partial charge in [-0.15, -0.1) is 0 Å². The maximum atomic E-state index is 13.2. The molecule has 1 saturated heterocycles. The van der Waals surface area contributed by atoms with Crippen LogP contribution >= 0.6 is 24.0 Å². The molecular formula is C22H22N4O3S2. The number of carbonyl (C=O) groups is 1. The Labute approximate surface area is 189 Å². The number of thioether (sulfide) groups is 1. The summed E-state index contributed by atoms with van der Waals surface area (Å²) in [5, 5.41) is 3.28. The average Bonchev–Trinajstić information content (AvgIpc) is 3.38. The lowest BCUT2D eigenvalue weighted by Crippen LogP contribution is -2.27. The van der Waals surface area contributed by atoms with Crippen LogP contribution in [0, 0.1) is 0 Å². The molecule has 3 aromatic rings. The number of thiocarbonyl (C=S) groups is 1. The van der Waals surface area contributed by atoms with Crippen molar-refractivity contribution >= 4 is 51.7 Å². The number of hydrogen-bond acceptors (Lipinski definition) is 7. The van der Waals surface area contributed by atoms with Crippen LogP contribution in [0.4, 0.5) is 5.82 Å². The number of unbranched alkanes of at least 4 members (excludes halogenated alkanes) is 2. The SMILES string of the molecule is CCCCCNc1nc2ccccn2c(=O)c1C=C1SC(=S)N(Cc2ccco2)C1=O. The van der Waals surface area contributed by atoms with Crippen LogP contribution < -0.4 is 10.9 Å². The van der Waals surface area contributed by atoms with E-state index >= 15 is 0 Å². The number of furan rings is 1. The van der Waals surface area contributed by atoms with Crippen molar-refractivity contribution < 1.29 is 9.21 Å². The molecule has 31 heavy (non-hydrogen) atoms. The van der Waals surface area contributed by atoms with Crippen molar-refractivity contribution in [1.29, 1.82) is 0 Å². The molecule has 160 valence electrons. The van der Waals surface area contributed by atoms with E-state index in [0.29, 0.717) is 38.6 Å². The summed E-state index contributed by atoms with van der Waals surface area (Å²) in [7, 11) is 0. The number of carbonyl (C=O) groups excluding carboxylic acids is 1. The lowest BCUT2D eigenvalue weighted by Gasteiger charge is -2.12. The second-order valence-corrected chi connectivity index (χ2v) is 8.76. The molecule has 0 saturated carbocycles. The minimum Gasteiger partial charge on any atom is -0.467 e. The first-order valence-corrected chi connectivity index (χ1v) is 11.3. The molecule has 0 atom stereocenters. The van der Waals surface area contributed by atoms with Crippen molar-refractivity contribution in [1.82, 2.24) is 14.3 Å². The van der Waals surface area contributed by atoms with Gasteiger partial charge in [-0.1, -0.05) is 49.8 Å². The van der Waals surface area contributed by atoms with E-state index in [2.05, 4.69) is 17.2 Å². The van der Waals surface area contributed by atoms with E-state index in [9.17, 15) is 9.59 Å². The highest BCUT2D eigenvalue weighted by atomic mass is 32.2. The Bertz CT molecular complexity index is 1200. The molecule has 0 aliphatic carbocycles. The summed E-state index contributed by atoms with van der Waals surface area (Å²) in [6.45, 7) is 3.09. The van der Waals surface area contributed by atoms with Gasteiger partial charge < -0.3 is 9.73 Å². The monoisotopic (exact) mass is 454 g/mol. The number of fused-ring (bicyclic) bond motifs is 1. The molecule has 0 spiro atoms. The zero-order valence-electron chi connectivity index (χ0n) is 17.0. The van der Waals surface area contributed by atoms with Gasteiger partial charge in [-0.25, -0.2) is 4.98 Å². The summed E-state index contributed by atoms with van der Waals surface area (Å²) in [6.07, 6.45) is 7.97. The summed E-state index contributed by atoms with van der Waals surface area (Å²) in [6, 6.07) is 8.95. The van der Waals surface area contributed by atoms with E-state index in [1.54, 1.807) is 42.8 Å². The Kier molecular flexibility index (Phi) is 6.53. The molecule has 0 radical (unpaired) electrons.